The van der Waals surface area contributed by atoms with Gasteiger partial charge in [-0.2, -0.15) is 5.10 Å². The first kappa shape index (κ1) is 16.4. The number of nitrogens with zero attached hydrogens (tertiary/aromatic N) is 3. The van der Waals surface area contributed by atoms with E-state index in [4.69, 9.17) is 0 Å². The normalized spacial score (nSPS) is 11.5. The lowest BCUT2D eigenvalue weighted by Gasteiger charge is -2.12. The molecule has 118 valence electrons. The Morgan fingerprint density at radius 1 is 1.27 bits per heavy atom. The maximum absolute atomic E-state index is 4.24. The van der Waals surface area contributed by atoms with Crippen molar-refractivity contribution in [2.75, 3.05) is 19.8 Å². The number of hydrogen-bond acceptors (Lipinski definition) is 3. The summed E-state index contributed by atoms with van der Waals surface area (Å²) >= 11 is 1.76. The highest BCUT2D eigenvalue weighted by Gasteiger charge is 1.99. The standard InChI is InChI=1S/C16H23N5S/c1-17-16(18-9-3-11-21-12-4-10-20-21)19-13-14-5-7-15(22-2)8-6-14/h4-8,10,12H,3,9,11,13H2,1-2H3,(H2,17,18,19). The molecular weight excluding hydrogens is 294 g/mol. The number of nitrogens with one attached hydrogen (secondary N) is 2. The molecule has 0 amide bonds. The molecular formula is C16H23N5S. The Hall–Kier alpha value is -1.95. The van der Waals surface area contributed by atoms with E-state index in [0.717, 1.165) is 32.0 Å². The summed E-state index contributed by atoms with van der Waals surface area (Å²) in [6.45, 7) is 2.55. The van der Waals surface area contributed by atoms with Crippen LogP contribution in [-0.4, -0.2) is 35.6 Å². The van der Waals surface area contributed by atoms with Gasteiger partial charge < -0.3 is 10.6 Å². The Morgan fingerprint density at radius 2 is 2.09 bits per heavy atom. The molecule has 0 atom stereocenters. The Labute approximate surface area is 136 Å². The van der Waals surface area contributed by atoms with Gasteiger partial charge in [0.2, 0.25) is 0 Å². The molecule has 1 aromatic heterocycles. The van der Waals surface area contributed by atoms with Crippen molar-refractivity contribution in [1.82, 2.24) is 20.4 Å². The highest BCUT2D eigenvalue weighted by Crippen LogP contribution is 2.14. The smallest absolute Gasteiger partial charge is 0.191 e. The van der Waals surface area contributed by atoms with Crippen LogP contribution < -0.4 is 10.6 Å². The lowest BCUT2D eigenvalue weighted by atomic mass is 10.2. The number of benzene rings is 1. The molecule has 0 saturated carbocycles. The maximum Gasteiger partial charge on any atom is 0.191 e. The van der Waals surface area contributed by atoms with Gasteiger partial charge in [-0.05, 0) is 36.4 Å². The van der Waals surface area contributed by atoms with E-state index in [2.05, 4.69) is 51.2 Å². The number of rotatable bonds is 7. The fraction of sp³-hybridized carbons (Fsp3) is 0.375. The second-order valence-electron chi connectivity index (χ2n) is 4.82. The van der Waals surface area contributed by atoms with Gasteiger partial charge in [-0.1, -0.05) is 12.1 Å². The molecule has 0 bridgehead atoms. The largest absolute Gasteiger partial charge is 0.356 e. The van der Waals surface area contributed by atoms with E-state index in [0.29, 0.717) is 0 Å². The third-order valence-corrected chi connectivity index (χ3v) is 4.00. The lowest BCUT2D eigenvalue weighted by Crippen LogP contribution is -2.37. The van der Waals surface area contributed by atoms with Crippen molar-refractivity contribution in [1.29, 1.82) is 0 Å². The first-order valence-electron chi connectivity index (χ1n) is 7.36. The molecule has 1 aromatic carbocycles. The summed E-state index contributed by atoms with van der Waals surface area (Å²) < 4.78 is 1.94. The van der Waals surface area contributed by atoms with Crippen LogP contribution in [0.15, 0.2) is 52.6 Å². The molecule has 22 heavy (non-hydrogen) atoms. The molecule has 5 nitrogen and oxygen atoms in total. The molecule has 0 aliphatic rings. The van der Waals surface area contributed by atoms with E-state index in [1.165, 1.54) is 10.5 Å². The van der Waals surface area contributed by atoms with Crippen LogP contribution >= 0.6 is 11.8 Å². The molecule has 0 radical (unpaired) electrons. The van der Waals surface area contributed by atoms with Gasteiger partial charge in [0.05, 0.1) is 0 Å². The second kappa shape index (κ2) is 9.15. The van der Waals surface area contributed by atoms with Gasteiger partial charge in [-0.3, -0.25) is 9.67 Å². The summed E-state index contributed by atoms with van der Waals surface area (Å²) in [7, 11) is 1.79. The molecule has 2 rings (SSSR count). The van der Waals surface area contributed by atoms with E-state index in [-0.39, 0.29) is 0 Å². The van der Waals surface area contributed by atoms with Crippen molar-refractivity contribution in [3.05, 3.63) is 48.3 Å². The van der Waals surface area contributed by atoms with Crippen LogP contribution in [-0.2, 0) is 13.1 Å². The molecule has 2 N–H and O–H groups in total. The summed E-state index contributed by atoms with van der Waals surface area (Å²) in [5.74, 6) is 0.828. The van der Waals surface area contributed by atoms with Gasteiger partial charge in [-0.15, -0.1) is 11.8 Å². The first-order chi connectivity index (χ1) is 10.8. The van der Waals surface area contributed by atoms with E-state index >= 15 is 0 Å². The van der Waals surface area contributed by atoms with Crippen molar-refractivity contribution in [2.45, 2.75) is 24.4 Å². The molecule has 0 unspecified atom stereocenters. The highest BCUT2D eigenvalue weighted by atomic mass is 32.2. The zero-order chi connectivity index (χ0) is 15.6. The van der Waals surface area contributed by atoms with E-state index in [1.807, 2.05) is 16.9 Å². The molecule has 0 aliphatic heterocycles. The van der Waals surface area contributed by atoms with Crippen LogP contribution in [0, 0.1) is 0 Å². The summed E-state index contributed by atoms with van der Waals surface area (Å²) in [5, 5.41) is 10.8. The van der Waals surface area contributed by atoms with Crippen molar-refractivity contribution in [3.63, 3.8) is 0 Å². The van der Waals surface area contributed by atoms with Crippen LogP contribution in [0.1, 0.15) is 12.0 Å². The SMILES string of the molecule is CN=C(NCCCn1cccn1)NCc1ccc(SC)cc1. The maximum atomic E-state index is 4.24. The Bertz CT molecular complexity index is 563. The number of guanidine groups is 1. The monoisotopic (exact) mass is 317 g/mol. The third-order valence-electron chi connectivity index (χ3n) is 3.26. The molecule has 2 aromatic rings. The molecule has 0 spiro atoms. The summed E-state index contributed by atoms with van der Waals surface area (Å²) in [6, 6.07) is 10.5. The topological polar surface area (TPSA) is 54.2 Å². The number of aromatic nitrogens is 2. The number of aliphatic imine (C=N–C) groups is 1. The average molecular weight is 317 g/mol. The van der Waals surface area contributed by atoms with Gasteiger partial charge in [-0.25, -0.2) is 0 Å². The third kappa shape index (κ3) is 5.44. The minimum absolute atomic E-state index is 0.771. The number of aryl methyl sites for hydroxylation is 1. The summed E-state index contributed by atoms with van der Waals surface area (Å²) in [5.41, 5.74) is 1.25. The minimum atomic E-state index is 0.771. The lowest BCUT2D eigenvalue weighted by molar-refractivity contribution is 0.570. The summed E-state index contributed by atoms with van der Waals surface area (Å²) in [6.07, 6.45) is 6.87. The van der Waals surface area contributed by atoms with Crippen LogP contribution in [0.4, 0.5) is 0 Å². The first-order valence-corrected chi connectivity index (χ1v) is 8.59. The Kier molecular flexibility index (Phi) is 6.83. The van der Waals surface area contributed by atoms with Crippen LogP contribution in [0.3, 0.4) is 0 Å². The predicted octanol–water partition coefficient (Wildman–Crippen LogP) is 2.36. The van der Waals surface area contributed by atoms with Crippen molar-refractivity contribution in [2.24, 2.45) is 4.99 Å². The van der Waals surface area contributed by atoms with Crippen molar-refractivity contribution in [3.8, 4) is 0 Å². The zero-order valence-electron chi connectivity index (χ0n) is 13.1. The molecule has 0 saturated heterocycles. The number of hydrogen-bond donors (Lipinski definition) is 2. The van der Waals surface area contributed by atoms with Crippen molar-refractivity contribution >= 4 is 17.7 Å². The minimum Gasteiger partial charge on any atom is -0.356 e. The van der Waals surface area contributed by atoms with Gasteiger partial charge >= 0.3 is 0 Å². The van der Waals surface area contributed by atoms with E-state index in [1.54, 1.807) is 25.0 Å². The fourth-order valence-electron chi connectivity index (χ4n) is 2.03. The van der Waals surface area contributed by atoms with Crippen LogP contribution in [0.2, 0.25) is 0 Å². The second-order valence-corrected chi connectivity index (χ2v) is 5.70. The quantitative estimate of drug-likeness (QED) is 0.356. The van der Waals surface area contributed by atoms with E-state index < -0.39 is 0 Å². The van der Waals surface area contributed by atoms with Gasteiger partial charge in [0.15, 0.2) is 5.96 Å². The van der Waals surface area contributed by atoms with Crippen molar-refractivity contribution < 1.29 is 0 Å². The molecule has 6 heteroatoms. The predicted molar refractivity (Wildman–Crippen MR) is 93.3 cm³/mol. The van der Waals surface area contributed by atoms with Gasteiger partial charge in [0.1, 0.15) is 0 Å². The molecule has 1 heterocycles. The van der Waals surface area contributed by atoms with Crippen LogP contribution in [0.5, 0.6) is 0 Å². The highest BCUT2D eigenvalue weighted by molar-refractivity contribution is 7.98. The fourth-order valence-corrected chi connectivity index (χ4v) is 2.44. The molecule has 0 aliphatic carbocycles. The van der Waals surface area contributed by atoms with Crippen LogP contribution in [0.25, 0.3) is 0 Å². The van der Waals surface area contributed by atoms with E-state index in [9.17, 15) is 0 Å². The van der Waals surface area contributed by atoms with Gasteiger partial charge in [0, 0.05) is 44.0 Å². The zero-order valence-corrected chi connectivity index (χ0v) is 13.9. The molecule has 0 fully saturated rings. The van der Waals surface area contributed by atoms with Gasteiger partial charge in [0.25, 0.3) is 0 Å². The Balaban J connectivity index is 1.68. The average Bonchev–Trinajstić information content (AvgIpc) is 3.08. The Morgan fingerprint density at radius 3 is 2.73 bits per heavy atom. The summed E-state index contributed by atoms with van der Waals surface area (Å²) in [4.78, 5) is 5.52. The number of thioether (sulfide) groups is 1.